The van der Waals surface area contributed by atoms with Crippen LogP contribution in [0, 0.1) is 5.92 Å². The van der Waals surface area contributed by atoms with Gasteiger partial charge in [0.2, 0.25) is 0 Å². The molecule has 5 heteroatoms. The molecule has 0 saturated carbocycles. The minimum atomic E-state index is 0.744. The predicted molar refractivity (Wildman–Crippen MR) is 79.5 cm³/mol. The zero-order valence-corrected chi connectivity index (χ0v) is 12.7. The van der Waals surface area contributed by atoms with Gasteiger partial charge < -0.3 is 9.64 Å². The van der Waals surface area contributed by atoms with Crippen molar-refractivity contribution >= 4 is 21.7 Å². The van der Waals surface area contributed by atoms with Crippen LogP contribution in [0.25, 0.3) is 0 Å². The summed E-state index contributed by atoms with van der Waals surface area (Å²) in [6, 6.07) is 4.02. The average molecular weight is 326 g/mol. The third-order valence-corrected chi connectivity index (χ3v) is 4.57. The normalized spacial score (nSPS) is 24.9. The van der Waals surface area contributed by atoms with Crippen molar-refractivity contribution in [3.63, 3.8) is 0 Å². The number of rotatable bonds is 3. The minimum absolute atomic E-state index is 0.744. The fourth-order valence-electron chi connectivity index (χ4n) is 2.84. The molecule has 1 aromatic heterocycles. The summed E-state index contributed by atoms with van der Waals surface area (Å²) in [5.41, 5.74) is 0. The number of pyridine rings is 1. The van der Waals surface area contributed by atoms with Crippen LogP contribution < -0.4 is 4.90 Å². The van der Waals surface area contributed by atoms with E-state index in [-0.39, 0.29) is 0 Å². The first-order valence-corrected chi connectivity index (χ1v) is 7.78. The van der Waals surface area contributed by atoms with Crippen LogP contribution >= 0.6 is 15.9 Å². The number of nitrogens with zero attached hydrogens (tertiary/aromatic N) is 3. The smallest absolute Gasteiger partial charge is 0.142 e. The third kappa shape index (κ3) is 3.27. The maximum atomic E-state index is 5.45. The Balaban J connectivity index is 1.53. The molecule has 2 fully saturated rings. The monoisotopic (exact) mass is 325 g/mol. The molecular formula is C14H20BrN3O. The molecule has 4 nitrogen and oxygen atoms in total. The fourth-order valence-corrected chi connectivity index (χ4v) is 3.35. The second-order valence-corrected chi connectivity index (χ2v) is 6.18. The summed E-state index contributed by atoms with van der Waals surface area (Å²) in [5.74, 6) is 1.82. The molecule has 0 spiro atoms. The molecule has 0 aliphatic carbocycles. The van der Waals surface area contributed by atoms with E-state index in [0.29, 0.717) is 0 Å². The lowest BCUT2D eigenvalue weighted by Crippen LogP contribution is -2.48. The van der Waals surface area contributed by atoms with E-state index in [1.165, 1.54) is 13.0 Å². The van der Waals surface area contributed by atoms with Gasteiger partial charge >= 0.3 is 0 Å². The van der Waals surface area contributed by atoms with E-state index < -0.39 is 0 Å². The van der Waals surface area contributed by atoms with Crippen molar-refractivity contribution in [3.05, 3.63) is 22.8 Å². The van der Waals surface area contributed by atoms with E-state index >= 15 is 0 Å². The van der Waals surface area contributed by atoms with Gasteiger partial charge in [-0.15, -0.1) is 0 Å². The molecule has 19 heavy (non-hydrogen) atoms. The van der Waals surface area contributed by atoms with Crippen LogP contribution in [0.2, 0.25) is 0 Å². The van der Waals surface area contributed by atoms with Crippen LogP contribution in [0.3, 0.4) is 0 Å². The topological polar surface area (TPSA) is 28.6 Å². The molecule has 1 atom stereocenters. The molecule has 104 valence electrons. The number of hydrogen-bond acceptors (Lipinski definition) is 4. The van der Waals surface area contributed by atoms with Crippen LogP contribution in [-0.2, 0) is 4.74 Å². The van der Waals surface area contributed by atoms with Crippen LogP contribution in [0.4, 0.5) is 5.82 Å². The van der Waals surface area contributed by atoms with Crippen molar-refractivity contribution in [1.82, 2.24) is 9.88 Å². The highest BCUT2D eigenvalue weighted by Crippen LogP contribution is 2.24. The van der Waals surface area contributed by atoms with Crippen LogP contribution in [0.1, 0.15) is 6.42 Å². The largest absolute Gasteiger partial charge is 0.381 e. The Kier molecular flexibility index (Phi) is 4.35. The molecular weight excluding hydrogens is 306 g/mol. The highest BCUT2D eigenvalue weighted by Gasteiger charge is 2.23. The molecule has 3 heterocycles. The van der Waals surface area contributed by atoms with Gasteiger partial charge in [0.25, 0.3) is 0 Å². The Hall–Kier alpha value is -0.650. The summed E-state index contributed by atoms with van der Waals surface area (Å²) in [4.78, 5) is 9.40. The third-order valence-electron chi connectivity index (χ3n) is 3.95. The minimum Gasteiger partial charge on any atom is -0.381 e. The Labute approximate surface area is 122 Å². The molecule has 0 amide bonds. The van der Waals surface area contributed by atoms with Gasteiger partial charge in [-0.1, -0.05) is 0 Å². The molecule has 2 aliphatic rings. The van der Waals surface area contributed by atoms with E-state index in [1.54, 1.807) is 0 Å². The van der Waals surface area contributed by atoms with Gasteiger partial charge in [-0.05, 0) is 40.4 Å². The predicted octanol–water partition coefficient (Wildman–Crippen LogP) is 2.00. The lowest BCUT2D eigenvalue weighted by Gasteiger charge is -2.36. The molecule has 0 aromatic carbocycles. The first kappa shape index (κ1) is 13.3. The van der Waals surface area contributed by atoms with Gasteiger partial charge in [-0.25, -0.2) is 4.98 Å². The van der Waals surface area contributed by atoms with Gasteiger partial charge in [0.05, 0.1) is 11.1 Å². The van der Waals surface area contributed by atoms with Crippen LogP contribution in [0.15, 0.2) is 22.8 Å². The number of anilines is 1. The second-order valence-electron chi connectivity index (χ2n) is 5.33. The number of halogens is 1. The van der Waals surface area contributed by atoms with Crippen molar-refractivity contribution < 1.29 is 4.74 Å². The maximum Gasteiger partial charge on any atom is 0.142 e. The first-order valence-electron chi connectivity index (χ1n) is 6.98. The van der Waals surface area contributed by atoms with Gasteiger partial charge in [0, 0.05) is 45.5 Å². The SMILES string of the molecule is Brc1cccnc1N1CCN(C[C@@H]2CCOC2)CC1. The molecule has 3 rings (SSSR count). The Morgan fingerprint density at radius 1 is 1.32 bits per heavy atom. The van der Waals surface area contributed by atoms with E-state index in [1.807, 2.05) is 12.3 Å². The van der Waals surface area contributed by atoms with Crippen LogP contribution in [0.5, 0.6) is 0 Å². The maximum absolute atomic E-state index is 5.45. The summed E-state index contributed by atoms with van der Waals surface area (Å²) in [6.45, 7) is 7.46. The first-order chi connectivity index (χ1) is 9.33. The summed E-state index contributed by atoms with van der Waals surface area (Å²) >= 11 is 3.58. The molecule has 0 N–H and O–H groups in total. The van der Waals surface area contributed by atoms with E-state index in [9.17, 15) is 0 Å². The highest BCUT2D eigenvalue weighted by molar-refractivity contribution is 9.10. The second kappa shape index (κ2) is 6.20. The number of hydrogen-bond donors (Lipinski definition) is 0. The molecule has 2 aliphatic heterocycles. The molecule has 2 saturated heterocycles. The number of ether oxygens (including phenoxy) is 1. The molecule has 0 radical (unpaired) electrons. The fraction of sp³-hybridized carbons (Fsp3) is 0.643. The molecule has 0 bridgehead atoms. The lowest BCUT2D eigenvalue weighted by atomic mass is 10.1. The zero-order chi connectivity index (χ0) is 13.1. The van der Waals surface area contributed by atoms with E-state index in [2.05, 4.69) is 36.8 Å². The quantitative estimate of drug-likeness (QED) is 0.850. The summed E-state index contributed by atoms with van der Waals surface area (Å²) in [6.07, 6.45) is 3.09. The van der Waals surface area contributed by atoms with Crippen molar-refractivity contribution in [2.75, 3.05) is 50.8 Å². The number of aromatic nitrogens is 1. The van der Waals surface area contributed by atoms with Crippen molar-refractivity contribution in [2.24, 2.45) is 5.92 Å². The molecule has 0 unspecified atom stereocenters. The van der Waals surface area contributed by atoms with E-state index in [4.69, 9.17) is 4.74 Å². The van der Waals surface area contributed by atoms with Crippen molar-refractivity contribution in [3.8, 4) is 0 Å². The standard InChI is InChI=1S/C14H20BrN3O/c15-13-2-1-4-16-14(13)18-7-5-17(6-8-18)10-12-3-9-19-11-12/h1-2,4,12H,3,5-11H2/t12-/m0/s1. The van der Waals surface area contributed by atoms with Crippen molar-refractivity contribution in [2.45, 2.75) is 6.42 Å². The Bertz CT molecular complexity index is 415. The average Bonchev–Trinajstić information content (AvgIpc) is 2.93. The summed E-state index contributed by atoms with van der Waals surface area (Å²) in [5, 5.41) is 0. The number of piperazine rings is 1. The Morgan fingerprint density at radius 3 is 2.84 bits per heavy atom. The van der Waals surface area contributed by atoms with Gasteiger partial charge in [0.1, 0.15) is 5.82 Å². The van der Waals surface area contributed by atoms with Gasteiger partial charge in [-0.2, -0.15) is 0 Å². The van der Waals surface area contributed by atoms with Gasteiger partial charge in [0.15, 0.2) is 0 Å². The van der Waals surface area contributed by atoms with Crippen LogP contribution in [-0.4, -0.2) is 55.8 Å². The molecule has 1 aromatic rings. The Morgan fingerprint density at radius 2 is 2.16 bits per heavy atom. The van der Waals surface area contributed by atoms with Gasteiger partial charge in [-0.3, -0.25) is 4.90 Å². The summed E-state index contributed by atoms with van der Waals surface area (Å²) < 4.78 is 6.54. The summed E-state index contributed by atoms with van der Waals surface area (Å²) in [7, 11) is 0. The van der Waals surface area contributed by atoms with E-state index in [0.717, 1.165) is 55.6 Å². The highest BCUT2D eigenvalue weighted by atomic mass is 79.9. The van der Waals surface area contributed by atoms with Crippen molar-refractivity contribution in [1.29, 1.82) is 0 Å². The lowest BCUT2D eigenvalue weighted by molar-refractivity contribution is 0.164. The zero-order valence-electron chi connectivity index (χ0n) is 11.1.